The summed E-state index contributed by atoms with van der Waals surface area (Å²) in [4.78, 5) is 12.5. The molecule has 1 aromatic heterocycles. The van der Waals surface area contributed by atoms with Crippen molar-refractivity contribution < 1.29 is 14.3 Å². The first-order valence-corrected chi connectivity index (χ1v) is 6.84. The van der Waals surface area contributed by atoms with Crippen LogP contribution in [0, 0.1) is 0 Å². The second-order valence-corrected chi connectivity index (χ2v) is 5.13. The second kappa shape index (κ2) is 5.74. The molecule has 0 N–H and O–H groups in total. The molecule has 106 valence electrons. The molecular formula is C14H22N2O3. The van der Waals surface area contributed by atoms with Gasteiger partial charge in [-0.1, -0.05) is 6.92 Å². The average molecular weight is 266 g/mol. The average Bonchev–Trinajstić information content (AvgIpc) is 2.77. The van der Waals surface area contributed by atoms with Crippen LogP contribution in [0.25, 0.3) is 0 Å². The first-order valence-electron chi connectivity index (χ1n) is 6.84. The number of ether oxygens (including phenoxy) is 2. The Kier molecular flexibility index (Phi) is 4.24. The molecule has 1 aliphatic carbocycles. The molecule has 1 aromatic rings. The van der Waals surface area contributed by atoms with Crippen molar-refractivity contribution in [1.29, 1.82) is 0 Å². The molecule has 5 heteroatoms. The van der Waals surface area contributed by atoms with Crippen molar-refractivity contribution in [2.45, 2.75) is 51.2 Å². The lowest BCUT2D eigenvalue weighted by atomic mass is 9.76. The molecule has 1 aliphatic rings. The highest BCUT2D eigenvalue weighted by atomic mass is 16.5. The predicted octanol–water partition coefficient (Wildman–Crippen LogP) is 2.44. The minimum Gasteiger partial charge on any atom is -0.493 e. The van der Waals surface area contributed by atoms with Gasteiger partial charge in [-0.05, 0) is 25.7 Å². The maximum atomic E-state index is 12.5. The summed E-state index contributed by atoms with van der Waals surface area (Å²) in [5.74, 6) is 0.619. The number of carbonyl (C=O) groups is 1. The van der Waals surface area contributed by atoms with Gasteiger partial charge in [-0.2, -0.15) is 5.10 Å². The lowest BCUT2D eigenvalue weighted by Crippen LogP contribution is -2.41. The number of nitrogens with zero attached hydrogens (tertiary/aromatic N) is 2. The van der Waals surface area contributed by atoms with Crippen molar-refractivity contribution in [1.82, 2.24) is 9.78 Å². The zero-order valence-electron chi connectivity index (χ0n) is 11.9. The fourth-order valence-corrected chi connectivity index (χ4v) is 2.58. The van der Waals surface area contributed by atoms with E-state index in [0.29, 0.717) is 17.9 Å². The Morgan fingerprint density at radius 1 is 1.47 bits per heavy atom. The number of aromatic nitrogens is 2. The highest BCUT2D eigenvalue weighted by molar-refractivity contribution is 5.97. The highest BCUT2D eigenvalue weighted by Gasteiger charge is 2.40. The van der Waals surface area contributed by atoms with Crippen LogP contribution in [0.1, 0.15) is 49.5 Å². The van der Waals surface area contributed by atoms with Gasteiger partial charge >= 0.3 is 0 Å². The highest BCUT2D eigenvalue weighted by Crippen LogP contribution is 2.39. The van der Waals surface area contributed by atoms with Crippen molar-refractivity contribution >= 4 is 5.78 Å². The monoisotopic (exact) mass is 266 g/mol. The van der Waals surface area contributed by atoms with Crippen molar-refractivity contribution in [3.05, 3.63) is 11.9 Å². The molecule has 5 nitrogen and oxygen atoms in total. The van der Waals surface area contributed by atoms with Crippen LogP contribution in [0.15, 0.2) is 6.20 Å². The molecule has 19 heavy (non-hydrogen) atoms. The third-order valence-corrected chi connectivity index (χ3v) is 3.91. The fraction of sp³-hybridized carbons (Fsp3) is 0.714. The van der Waals surface area contributed by atoms with Gasteiger partial charge in [0.15, 0.2) is 11.5 Å². The molecule has 0 saturated heterocycles. The standard InChI is InChI=1S/C14H22N2O3/c1-4-8-16-13(12(18-2)10-15-16)11(17)9-14(19-3)6-5-7-14/h10H,4-9H2,1-3H3. The number of Topliss-reactive ketones (excluding diaryl/α,β-unsaturated/α-hetero) is 1. The topological polar surface area (TPSA) is 53.4 Å². The molecule has 2 rings (SSSR count). The van der Waals surface area contributed by atoms with Crippen LogP contribution in [-0.2, 0) is 11.3 Å². The van der Waals surface area contributed by atoms with E-state index in [1.165, 1.54) is 0 Å². The maximum absolute atomic E-state index is 12.5. The second-order valence-electron chi connectivity index (χ2n) is 5.13. The van der Waals surface area contributed by atoms with Crippen LogP contribution < -0.4 is 4.74 Å². The van der Waals surface area contributed by atoms with Gasteiger partial charge in [0.25, 0.3) is 0 Å². The van der Waals surface area contributed by atoms with Crippen LogP contribution >= 0.6 is 0 Å². The Bertz CT molecular complexity index is 444. The van der Waals surface area contributed by atoms with Gasteiger partial charge in [0.05, 0.1) is 18.9 Å². The summed E-state index contributed by atoms with van der Waals surface area (Å²) in [5.41, 5.74) is 0.316. The van der Waals surface area contributed by atoms with Crippen molar-refractivity contribution in [2.75, 3.05) is 14.2 Å². The summed E-state index contributed by atoms with van der Waals surface area (Å²) in [6, 6.07) is 0. The van der Waals surface area contributed by atoms with E-state index in [1.54, 1.807) is 25.1 Å². The zero-order valence-corrected chi connectivity index (χ0v) is 11.9. The first-order chi connectivity index (χ1) is 9.15. The zero-order chi connectivity index (χ0) is 13.9. The van der Waals surface area contributed by atoms with E-state index in [2.05, 4.69) is 12.0 Å². The smallest absolute Gasteiger partial charge is 0.187 e. The molecular weight excluding hydrogens is 244 g/mol. The van der Waals surface area contributed by atoms with E-state index in [1.807, 2.05) is 0 Å². The molecule has 1 fully saturated rings. The first kappa shape index (κ1) is 14.1. The lowest BCUT2D eigenvalue weighted by Gasteiger charge is -2.40. The van der Waals surface area contributed by atoms with Crippen LogP contribution in [0.3, 0.4) is 0 Å². The quantitative estimate of drug-likeness (QED) is 0.711. The number of carbonyl (C=O) groups excluding carboxylic acids is 1. The normalized spacial score (nSPS) is 17.0. The summed E-state index contributed by atoms with van der Waals surface area (Å²) < 4.78 is 12.5. The molecule has 0 atom stereocenters. The van der Waals surface area contributed by atoms with Gasteiger partial charge in [-0.25, -0.2) is 0 Å². The van der Waals surface area contributed by atoms with Crippen LogP contribution in [0.2, 0.25) is 0 Å². The Morgan fingerprint density at radius 2 is 2.21 bits per heavy atom. The maximum Gasteiger partial charge on any atom is 0.187 e. The Morgan fingerprint density at radius 3 is 2.68 bits per heavy atom. The van der Waals surface area contributed by atoms with Gasteiger partial charge in [-0.3, -0.25) is 9.48 Å². The van der Waals surface area contributed by atoms with Crippen molar-refractivity contribution in [2.24, 2.45) is 0 Å². The van der Waals surface area contributed by atoms with Gasteiger partial charge in [0.2, 0.25) is 0 Å². The number of hydrogen-bond acceptors (Lipinski definition) is 4. The van der Waals surface area contributed by atoms with Crippen LogP contribution in [0.5, 0.6) is 5.75 Å². The van der Waals surface area contributed by atoms with E-state index in [9.17, 15) is 4.79 Å². The van der Waals surface area contributed by atoms with Crippen LogP contribution in [-0.4, -0.2) is 35.4 Å². The molecule has 1 heterocycles. The third kappa shape index (κ3) is 2.66. The van der Waals surface area contributed by atoms with E-state index in [4.69, 9.17) is 9.47 Å². The Balaban J connectivity index is 2.19. The van der Waals surface area contributed by atoms with E-state index in [0.717, 1.165) is 32.2 Å². The number of ketones is 1. The molecule has 0 bridgehead atoms. The summed E-state index contributed by atoms with van der Waals surface area (Å²) in [7, 11) is 3.26. The molecule has 1 saturated carbocycles. The molecule has 0 unspecified atom stereocenters. The van der Waals surface area contributed by atoms with Crippen LogP contribution in [0.4, 0.5) is 0 Å². The van der Waals surface area contributed by atoms with Crippen molar-refractivity contribution in [3.63, 3.8) is 0 Å². The van der Waals surface area contributed by atoms with E-state index in [-0.39, 0.29) is 11.4 Å². The lowest BCUT2D eigenvalue weighted by molar-refractivity contribution is -0.0706. The minimum atomic E-state index is -0.261. The number of hydrogen-bond donors (Lipinski definition) is 0. The minimum absolute atomic E-state index is 0.0596. The third-order valence-electron chi connectivity index (χ3n) is 3.91. The fourth-order valence-electron chi connectivity index (χ4n) is 2.58. The van der Waals surface area contributed by atoms with Gasteiger partial charge in [0, 0.05) is 20.1 Å². The molecule has 0 aromatic carbocycles. The summed E-state index contributed by atoms with van der Waals surface area (Å²) in [6.45, 7) is 2.79. The SMILES string of the molecule is CCCn1ncc(OC)c1C(=O)CC1(OC)CCC1. The van der Waals surface area contributed by atoms with Gasteiger partial charge in [-0.15, -0.1) is 0 Å². The predicted molar refractivity (Wildman–Crippen MR) is 71.6 cm³/mol. The summed E-state index contributed by atoms with van der Waals surface area (Å²) in [6.07, 6.45) is 6.00. The van der Waals surface area contributed by atoms with E-state index < -0.39 is 0 Å². The Hall–Kier alpha value is -1.36. The number of aryl methyl sites for hydroxylation is 1. The van der Waals surface area contributed by atoms with Crippen molar-refractivity contribution in [3.8, 4) is 5.75 Å². The van der Waals surface area contributed by atoms with Gasteiger partial charge < -0.3 is 9.47 Å². The number of methoxy groups -OCH3 is 2. The molecule has 0 radical (unpaired) electrons. The molecule has 0 spiro atoms. The van der Waals surface area contributed by atoms with E-state index >= 15 is 0 Å². The summed E-state index contributed by atoms with van der Waals surface area (Å²) >= 11 is 0. The molecule has 0 aliphatic heterocycles. The molecule has 0 amide bonds. The number of rotatable bonds is 7. The van der Waals surface area contributed by atoms with Gasteiger partial charge in [0.1, 0.15) is 5.69 Å². The Labute approximate surface area is 113 Å². The summed E-state index contributed by atoms with van der Waals surface area (Å²) in [5, 5.41) is 4.23. The largest absolute Gasteiger partial charge is 0.493 e.